The number of aromatic nitrogens is 1. The predicted octanol–water partition coefficient (Wildman–Crippen LogP) is 1.32. The second-order valence-corrected chi connectivity index (χ2v) is 5.57. The van der Waals surface area contributed by atoms with Gasteiger partial charge in [-0.2, -0.15) is 0 Å². The van der Waals surface area contributed by atoms with Crippen molar-refractivity contribution < 1.29 is 9.90 Å². The van der Waals surface area contributed by atoms with E-state index >= 15 is 0 Å². The molecule has 0 aromatic carbocycles. The zero-order chi connectivity index (χ0) is 12.6. The second kappa shape index (κ2) is 4.62. The van der Waals surface area contributed by atoms with E-state index in [1.165, 1.54) is 11.3 Å². The number of hydrogen-bond donors (Lipinski definition) is 2. The van der Waals surface area contributed by atoms with E-state index in [-0.39, 0.29) is 0 Å². The van der Waals surface area contributed by atoms with Crippen LogP contribution in [0.1, 0.15) is 25.6 Å². The summed E-state index contributed by atoms with van der Waals surface area (Å²) < 4.78 is 0. The molecule has 0 bridgehead atoms. The summed E-state index contributed by atoms with van der Waals surface area (Å²) in [4.78, 5) is 17.3. The Balaban J connectivity index is 2.11. The highest BCUT2D eigenvalue weighted by Gasteiger charge is 2.28. The lowest BCUT2D eigenvalue weighted by Crippen LogP contribution is -2.22. The van der Waals surface area contributed by atoms with Crippen molar-refractivity contribution in [1.82, 2.24) is 4.98 Å². The highest BCUT2D eigenvalue weighted by atomic mass is 32.1. The number of nitrogens with two attached hydrogens (primary N) is 1. The average molecular weight is 255 g/mol. The Morgan fingerprint density at radius 2 is 2.18 bits per heavy atom. The van der Waals surface area contributed by atoms with Gasteiger partial charge in [0.15, 0.2) is 5.13 Å². The van der Waals surface area contributed by atoms with E-state index in [4.69, 9.17) is 10.8 Å². The fourth-order valence-corrected chi connectivity index (χ4v) is 2.86. The molecule has 0 radical (unpaired) electrons. The summed E-state index contributed by atoms with van der Waals surface area (Å²) in [5, 5.41) is 11.4. The lowest BCUT2D eigenvalue weighted by molar-refractivity contribution is -0.138. The van der Waals surface area contributed by atoms with Gasteiger partial charge in [-0.1, -0.05) is 13.8 Å². The third-order valence-corrected chi connectivity index (χ3v) is 4.27. The molecule has 1 aromatic heterocycles. The van der Waals surface area contributed by atoms with Gasteiger partial charge in [0.25, 0.3) is 0 Å². The average Bonchev–Trinajstić information content (AvgIpc) is 2.85. The number of carbonyl (C=O) groups is 1. The van der Waals surface area contributed by atoms with Crippen LogP contribution in [0, 0.1) is 11.8 Å². The molecule has 3 unspecified atom stereocenters. The van der Waals surface area contributed by atoms with Crippen LogP contribution in [-0.2, 0) is 4.79 Å². The van der Waals surface area contributed by atoms with Crippen molar-refractivity contribution in [2.45, 2.75) is 19.9 Å². The van der Waals surface area contributed by atoms with E-state index < -0.39 is 12.0 Å². The van der Waals surface area contributed by atoms with Gasteiger partial charge in [-0.05, 0) is 11.8 Å². The quantitative estimate of drug-likeness (QED) is 0.851. The number of nitrogens with zero attached hydrogens (tertiary/aromatic N) is 2. The molecule has 0 aliphatic carbocycles. The van der Waals surface area contributed by atoms with Gasteiger partial charge >= 0.3 is 5.97 Å². The molecule has 3 atom stereocenters. The normalized spacial score (nSPS) is 26.2. The van der Waals surface area contributed by atoms with Crippen molar-refractivity contribution >= 4 is 22.4 Å². The number of rotatable bonds is 3. The highest BCUT2D eigenvalue weighted by Crippen LogP contribution is 2.30. The number of carboxylic acids is 1. The topological polar surface area (TPSA) is 79.5 Å². The molecule has 2 rings (SSSR count). The molecular weight excluding hydrogens is 238 g/mol. The molecule has 2 heterocycles. The zero-order valence-electron chi connectivity index (χ0n) is 9.96. The van der Waals surface area contributed by atoms with Gasteiger partial charge in [-0.3, -0.25) is 4.79 Å². The maximum atomic E-state index is 10.8. The first-order valence-electron chi connectivity index (χ1n) is 5.67. The van der Waals surface area contributed by atoms with Gasteiger partial charge < -0.3 is 15.7 Å². The van der Waals surface area contributed by atoms with Gasteiger partial charge in [0, 0.05) is 18.5 Å². The van der Waals surface area contributed by atoms with Crippen molar-refractivity contribution in [2.24, 2.45) is 17.6 Å². The maximum Gasteiger partial charge on any atom is 0.326 e. The largest absolute Gasteiger partial charge is 0.480 e. The molecule has 1 fully saturated rings. The first-order chi connectivity index (χ1) is 7.99. The second-order valence-electron chi connectivity index (χ2n) is 4.73. The molecule has 0 amide bonds. The van der Waals surface area contributed by atoms with E-state index in [0.717, 1.165) is 18.2 Å². The molecule has 0 spiro atoms. The Bertz CT molecular complexity index is 411. The van der Waals surface area contributed by atoms with E-state index in [2.05, 4.69) is 23.7 Å². The van der Waals surface area contributed by atoms with Gasteiger partial charge in [0.2, 0.25) is 0 Å². The summed E-state index contributed by atoms with van der Waals surface area (Å²) in [7, 11) is 0. The third-order valence-electron chi connectivity index (χ3n) is 3.35. The molecule has 0 saturated carbocycles. The number of thiazole rings is 1. The SMILES string of the molecule is CC1CN(c2nc(C(N)C(=O)O)cs2)CC1C. The predicted molar refractivity (Wildman–Crippen MR) is 67.2 cm³/mol. The fraction of sp³-hybridized carbons (Fsp3) is 0.636. The smallest absolute Gasteiger partial charge is 0.326 e. The standard InChI is InChI=1S/C11H17N3O2S/c1-6-3-14(4-7(6)2)11-13-8(5-17-11)9(12)10(15)16/h5-7,9H,3-4,12H2,1-2H3,(H,15,16). The Morgan fingerprint density at radius 3 is 2.71 bits per heavy atom. The van der Waals surface area contributed by atoms with Crippen molar-refractivity contribution in [2.75, 3.05) is 18.0 Å². The molecule has 1 aliphatic heterocycles. The van der Waals surface area contributed by atoms with Gasteiger partial charge in [0.05, 0.1) is 5.69 Å². The van der Waals surface area contributed by atoms with Crippen molar-refractivity contribution in [3.63, 3.8) is 0 Å². The molecule has 5 nitrogen and oxygen atoms in total. The summed E-state index contributed by atoms with van der Waals surface area (Å²) in [6, 6.07) is -1.02. The van der Waals surface area contributed by atoms with Crippen LogP contribution in [0.5, 0.6) is 0 Å². The van der Waals surface area contributed by atoms with Gasteiger partial charge in [-0.25, -0.2) is 4.98 Å². The van der Waals surface area contributed by atoms with E-state index in [1.807, 2.05) is 0 Å². The summed E-state index contributed by atoms with van der Waals surface area (Å²) in [6.07, 6.45) is 0. The number of carboxylic acid groups (broad SMARTS) is 1. The van der Waals surface area contributed by atoms with Crippen LogP contribution in [0.3, 0.4) is 0 Å². The van der Waals surface area contributed by atoms with Crippen molar-refractivity contribution in [1.29, 1.82) is 0 Å². The maximum absolute atomic E-state index is 10.8. The van der Waals surface area contributed by atoms with E-state index in [1.54, 1.807) is 5.38 Å². The fourth-order valence-electron chi connectivity index (χ4n) is 1.98. The number of aliphatic carboxylic acids is 1. The number of hydrogen-bond acceptors (Lipinski definition) is 5. The van der Waals surface area contributed by atoms with Crippen LogP contribution in [0.4, 0.5) is 5.13 Å². The first-order valence-corrected chi connectivity index (χ1v) is 6.55. The summed E-state index contributed by atoms with van der Waals surface area (Å²) in [5.41, 5.74) is 5.98. The Hall–Kier alpha value is -1.14. The van der Waals surface area contributed by atoms with Gasteiger partial charge in [-0.15, -0.1) is 11.3 Å². The van der Waals surface area contributed by atoms with Crippen LogP contribution in [0.25, 0.3) is 0 Å². The molecule has 1 aliphatic rings. The van der Waals surface area contributed by atoms with Crippen molar-refractivity contribution in [3.05, 3.63) is 11.1 Å². The molecular formula is C11H17N3O2S. The van der Waals surface area contributed by atoms with Crippen LogP contribution < -0.4 is 10.6 Å². The highest BCUT2D eigenvalue weighted by molar-refractivity contribution is 7.13. The van der Waals surface area contributed by atoms with E-state index in [0.29, 0.717) is 17.5 Å². The minimum Gasteiger partial charge on any atom is -0.480 e. The molecule has 3 N–H and O–H groups in total. The lowest BCUT2D eigenvalue weighted by atomic mass is 10.0. The molecule has 6 heteroatoms. The molecule has 1 saturated heterocycles. The van der Waals surface area contributed by atoms with Crippen LogP contribution in [0.15, 0.2) is 5.38 Å². The van der Waals surface area contributed by atoms with Gasteiger partial charge in [0.1, 0.15) is 6.04 Å². The first kappa shape index (κ1) is 12.3. The summed E-state index contributed by atoms with van der Waals surface area (Å²) in [6.45, 7) is 6.41. The molecule has 17 heavy (non-hydrogen) atoms. The van der Waals surface area contributed by atoms with Crippen LogP contribution >= 0.6 is 11.3 Å². The minimum atomic E-state index is -1.04. The summed E-state index contributed by atoms with van der Waals surface area (Å²) in [5.74, 6) is 0.260. The molecule has 1 aromatic rings. The Morgan fingerprint density at radius 1 is 1.59 bits per heavy atom. The zero-order valence-corrected chi connectivity index (χ0v) is 10.8. The van der Waals surface area contributed by atoms with Crippen LogP contribution in [-0.4, -0.2) is 29.1 Å². The van der Waals surface area contributed by atoms with E-state index in [9.17, 15) is 4.79 Å². The monoisotopic (exact) mass is 255 g/mol. The number of anilines is 1. The minimum absolute atomic E-state index is 0.449. The molecule has 94 valence electrons. The Kier molecular flexibility index (Phi) is 3.35. The third kappa shape index (κ3) is 2.42. The van der Waals surface area contributed by atoms with Crippen LogP contribution in [0.2, 0.25) is 0 Å². The summed E-state index contributed by atoms with van der Waals surface area (Å²) >= 11 is 1.47. The Labute approximate surface area is 104 Å². The lowest BCUT2D eigenvalue weighted by Gasteiger charge is -2.13. The van der Waals surface area contributed by atoms with Crippen molar-refractivity contribution in [3.8, 4) is 0 Å².